The van der Waals surface area contributed by atoms with Crippen molar-refractivity contribution >= 4 is 0 Å². The van der Waals surface area contributed by atoms with Gasteiger partial charge in [-0.25, -0.2) is 8.78 Å². The van der Waals surface area contributed by atoms with Crippen LogP contribution in [0.3, 0.4) is 0 Å². The number of rotatable bonds is 3. The molecule has 1 saturated carbocycles. The van der Waals surface area contributed by atoms with E-state index in [0.717, 1.165) is 25.8 Å². The van der Waals surface area contributed by atoms with Crippen LogP contribution in [0, 0.1) is 5.92 Å². The SMILES string of the molecule is NC1CCC(CCN2CCC(F)(F)C2)CC1. The van der Waals surface area contributed by atoms with Crippen LogP contribution in [0.4, 0.5) is 8.78 Å². The Kier molecular flexibility index (Phi) is 3.80. The molecular formula is C12H22F2N2. The summed E-state index contributed by atoms with van der Waals surface area (Å²) in [6.45, 7) is 1.38. The predicted octanol–water partition coefficient (Wildman–Crippen LogP) is 2.24. The molecule has 1 saturated heterocycles. The van der Waals surface area contributed by atoms with Crippen molar-refractivity contribution in [1.82, 2.24) is 4.90 Å². The van der Waals surface area contributed by atoms with Crippen LogP contribution in [-0.2, 0) is 0 Å². The molecule has 1 heterocycles. The quantitative estimate of drug-likeness (QED) is 0.808. The summed E-state index contributed by atoms with van der Waals surface area (Å²) < 4.78 is 25.9. The number of nitrogens with two attached hydrogens (primary N) is 1. The van der Waals surface area contributed by atoms with Crippen molar-refractivity contribution < 1.29 is 8.78 Å². The van der Waals surface area contributed by atoms with Crippen LogP contribution in [0.1, 0.15) is 38.5 Å². The van der Waals surface area contributed by atoms with E-state index in [1.807, 2.05) is 4.90 Å². The van der Waals surface area contributed by atoms with Gasteiger partial charge in [0.1, 0.15) is 0 Å². The molecule has 16 heavy (non-hydrogen) atoms. The van der Waals surface area contributed by atoms with Gasteiger partial charge in [0.15, 0.2) is 0 Å². The fraction of sp³-hybridized carbons (Fsp3) is 1.00. The van der Waals surface area contributed by atoms with Gasteiger partial charge >= 0.3 is 0 Å². The number of alkyl halides is 2. The summed E-state index contributed by atoms with van der Waals surface area (Å²) in [5.41, 5.74) is 5.84. The van der Waals surface area contributed by atoms with Crippen LogP contribution >= 0.6 is 0 Å². The second-order valence-corrected chi connectivity index (χ2v) is 5.45. The molecule has 2 N–H and O–H groups in total. The van der Waals surface area contributed by atoms with Gasteiger partial charge in [-0.05, 0) is 44.6 Å². The minimum atomic E-state index is -2.44. The molecule has 2 aliphatic rings. The van der Waals surface area contributed by atoms with Gasteiger partial charge in [-0.3, -0.25) is 4.90 Å². The number of nitrogens with zero attached hydrogens (tertiary/aromatic N) is 1. The lowest BCUT2D eigenvalue weighted by atomic mass is 9.84. The van der Waals surface area contributed by atoms with Crippen LogP contribution in [0.15, 0.2) is 0 Å². The molecule has 0 radical (unpaired) electrons. The summed E-state index contributed by atoms with van der Waals surface area (Å²) in [5.74, 6) is -1.72. The maximum Gasteiger partial charge on any atom is 0.261 e. The molecule has 2 rings (SSSR count). The van der Waals surface area contributed by atoms with Crippen molar-refractivity contribution in [2.75, 3.05) is 19.6 Å². The maximum absolute atomic E-state index is 13.0. The van der Waals surface area contributed by atoms with E-state index in [1.165, 1.54) is 12.8 Å². The molecule has 0 amide bonds. The molecule has 0 spiro atoms. The van der Waals surface area contributed by atoms with Crippen molar-refractivity contribution in [2.45, 2.75) is 50.5 Å². The minimum absolute atomic E-state index is 0.0285. The van der Waals surface area contributed by atoms with Crippen molar-refractivity contribution in [3.05, 3.63) is 0 Å². The Morgan fingerprint density at radius 1 is 1.19 bits per heavy atom. The smallest absolute Gasteiger partial charge is 0.261 e. The summed E-state index contributed by atoms with van der Waals surface area (Å²) in [6.07, 6.45) is 5.71. The summed E-state index contributed by atoms with van der Waals surface area (Å²) >= 11 is 0. The molecule has 1 aliphatic heterocycles. The van der Waals surface area contributed by atoms with Crippen molar-refractivity contribution in [3.8, 4) is 0 Å². The minimum Gasteiger partial charge on any atom is -0.328 e. The molecule has 0 bridgehead atoms. The molecule has 2 nitrogen and oxygen atoms in total. The summed E-state index contributed by atoms with van der Waals surface area (Å²) in [7, 11) is 0. The highest BCUT2D eigenvalue weighted by Crippen LogP contribution is 2.29. The highest BCUT2D eigenvalue weighted by molar-refractivity contribution is 4.82. The Labute approximate surface area is 96.2 Å². The lowest BCUT2D eigenvalue weighted by Gasteiger charge is -2.27. The van der Waals surface area contributed by atoms with E-state index in [1.54, 1.807) is 0 Å². The monoisotopic (exact) mass is 232 g/mol. The normalized spacial score (nSPS) is 35.4. The Balaban J connectivity index is 1.65. The Morgan fingerprint density at radius 3 is 2.44 bits per heavy atom. The average molecular weight is 232 g/mol. The van der Waals surface area contributed by atoms with E-state index in [9.17, 15) is 8.78 Å². The van der Waals surface area contributed by atoms with E-state index >= 15 is 0 Å². The van der Waals surface area contributed by atoms with Gasteiger partial charge in [-0.2, -0.15) is 0 Å². The van der Waals surface area contributed by atoms with Gasteiger partial charge in [0.25, 0.3) is 5.92 Å². The first kappa shape index (κ1) is 12.2. The number of likely N-dealkylation sites (tertiary alicyclic amines) is 1. The summed E-state index contributed by atoms with van der Waals surface area (Å²) in [5, 5.41) is 0. The zero-order valence-electron chi connectivity index (χ0n) is 9.80. The summed E-state index contributed by atoms with van der Waals surface area (Å²) in [4.78, 5) is 1.91. The highest BCUT2D eigenvalue weighted by Gasteiger charge is 2.37. The molecule has 0 unspecified atom stereocenters. The zero-order chi connectivity index (χ0) is 11.6. The highest BCUT2D eigenvalue weighted by atomic mass is 19.3. The lowest BCUT2D eigenvalue weighted by Crippen LogP contribution is -2.30. The van der Waals surface area contributed by atoms with Crippen molar-refractivity contribution in [3.63, 3.8) is 0 Å². The van der Waals surface area contributed by atoms with E-state index in [2.05, 4.69) is 0 Å². The fourth-order valence-corrected chi connectivity index (χ4v) is 2.84. The molecule has 4 heteroatoms. The van der Waals surface area contributed by atoms with E-state index in [0.29, 0.717) is 18.5 Å². The third-order valence-electron chi connectivity index (χ3n) is 3.99. The molecule has 0 aromatic heterocycles. The largest absolute Gasteiger partial charge is 0.328 e. The van der Waals surface area contributed by atoms with Crippen LogP contribution in [-0.4, -0.2) is 36.5 Å². The van der Waals surface area contributed by atoms with Gasteiger partial charge in [0.05, 0.1) is 6.54 Å². The Morgan fingerprint density at radius 2 is 1.88 bits per heavy atom. The average Bonchev–Trinajstić information content (AvgIpc) is 2.58. The second kappa shape index (κ2) is 4.96. The van der Waals surface area contributed by atoms with Gasteiger partial charge in [0, 0.05) is 19.0 Å². The standard InChI is InChI=1S/C12H22F2N2/c13-12(14)6-8-16(9-12)7-5-10-1-3-11(15)4-2-10/h10-11H,1-9,15H2. The molecule has 0 aromatic rings. The van der Waals surface area contributed by atoms with Gasteiger partial charge in [-0.1, -0.05) is 0 Å². The number of hydrogen-bond acceptors (Lipinski definition) is 2. The number of halogens is 2. The first-order valence-electron chi connectivity index (χ1n) is 6.41. The lowest BCUT2D eigenvalue weighted by molar-refractivity contribution is 0.0116. The molecule has 94 valence electrons. The third-order valence-corrected chi connectivity index (χ3v) is 3.99. The summed E-state index contributed by atoms with van der Waals surface area (Å²) in [6, 6.07) is 0.382. The predicted molar refractivity (Wildman–Crippen MR) is 60.6 cm³/mol. The number of hydrogen-bond donors (Lipinski definition) is 1. The molecule has 2 fully saturated rings. The van der Waals surface area contributed by atoms with Crippen LogP contribution < -0.4 is 5.73 Å². The van der Waals surface area contributed by atoms with Gasteiger partial charge < -0.3 is 5.73 Å². The molecule has 0 atom stereocenters. The second-order valence-electron chi connectivity index (χ2n) is 5.45. The first-order chi connectivity index (χ1) is 7.55. The van der Waals surface area contributed by atoms with E-state index in [-0.39, 0.29) is 13.0 Å². The Bertz CT molecular complexity index is 225. The first-order valence-corrected chi connectivity index (χ1v) is 6.41. The Hall–Kier alpha value is -0.220. The van der Waals surface area contributed by atoms with Gasteiger partial charge in [-0.15, -0.1) is 0 Å². The zero-order valence-corrected chi connectivity index (χ0v) is 9.80. The van der Waals surface area contributed by atoms with Crippen LogP contribution in [0.2, 0.25) is 0 Å². The van der Waals surface area contributed by atoms with Crippen molar-refractivity contribution in [1.29, 1.82) is 0 Å². The molecule has 0 aromatic carbocycles. The third kappa shape index (κ3) is 3.39. The topological polar surface area (TPSA) is 29.3 Å². The van der Waals surface area contributed by atoms with Crippen LogP contribution in [0.25, 0.3) is 0 Å². The van der Waals surface area contributed by atoms with E-state index in [4.69, 9.17) is 5.73 Å². The van der Waals surface area contributed by atoms with Crippen molar-refractivity contribution in [2.24, 2.45) is 11.7 Å². The molecular weight excluding hydrogens is 210 g/mol. The molecule has 1 aliphatic carbocycles. The maximum atomic E-state index is 13.0. The van der Waals surface area contributed by atoms with E-state index < -0.39 is 5.92 Å². The van der Waals surface area contributed by atoms with Crippen LogP contribution in [0.5, 0.6) is 0 Å². The fourth-order valence-electron chi connectivity index (χ4n) is 2.84. The van der Waals surface area contributed by atoms with Gasteiger partial charge in [0.2, 0.25) is 0 Å².